The molecule has 1 aromatic heterocycles. The molecule has 78 valence electrons. The van der Waals surface area contributed by atoms with Gasteiger partial charge in [-0.2, -0.15) is 9.83 Å². The SMILES string of the molecule is CCc1sc2ccccc2[n+]1CC#N.[Br-]. The summed E-state index contributed by atoms with van der Waals surface area (Å²) in [7, 11) is 0. The van der Waals surface area contributed by atoms with Gasteiger partial charge in [0, 0.05) is 12.5 Å². The Hall–Kier alpha value is -0.920. The van der Waals surface area contributed by atoms with Crippen LogP contribution in [0.2, 0.25) is 0 Å². The number of aryl methyl sites for hydroxylation is 1. The van der Waals surface area contributed by atoms with E-state index in [9.17, 15) is 0 Å². The Labute approximate surface area is 104 Å². The van der Waals surface area contributed by atoms with Crippen LogP contribution in [-0.4, -0.2) is 0 Å². The third-order valence-electron chi connectivity index (χ3n) is 2.22. The van der Waals surface area contributed by atoms with Gasteiger partial charge < -0.3 is 17.0 Å². The van der Waals surface area contributed by atoms with E-state index in [1.54, 1.807) is 11.3 Å². The maximum absolute atomic E-state index is 8.75. The van der Waals surface area contributed by atoms with Crippen molar-refractivity contribution < 1.29 is 21.5 Å². The molecule has 0 N–H and O–H groups in total. The van der Waals surface area contributed by atoms with Gasteiger partial charge >= 0.3 is 0 Å². The minimum atomic E-state index is 0. The third kappa shape index (κ3) is 2.19. The molecule has 0 saturated carbocycles. The van der Waals surface area contributed by atoms with Crippen LogP contribution in [-0.2, 0) is 13.0 Å². The Morgan fingerprint density at radius 1 is 1.40 bits per heavy atom. The van der Waals surface area contributed by atoms with Crippen LogP contribution >= 0.6 is 11.3 Å². The minimum absolute atomic E-state index is 0. The Balaban J connectivity index is 0.00000112. The first kappa shape index (κ1) is 12.2. The highest BCUT2D eigenvalue weighted by molar-refractivity contribution is 7.18. The molecule has 0 bridgehead atoms. The number of hydrogen-bond donors (Lipinski definition) is 0. The Morgan fingerprint density at radius 2 is 2.13 bits per heavy atom. The average Bonchev–Trinajstić information content (AvgIpc) is 2.58. The number of thiazole rings is 1. The lowest BCUT2D eigenvalue weighted by Gasteiger charge is -1.89. The predicted molar refractivity (Wildman–Crippen MR) is 57.0 cm³/mol. The van der Waals surface area contributed by atoms with Crippen molar-refractivity contribution in [2.45, 2.75) is 19.9 Å². The zero-order valence-corrected chi connectivity index (χ0v) is 10.8. The summed E-state index contributed by atoms with van der Waals surface area (Å²) < 4.78 is 3.36. The maximum atomic E-state index is 8.75. The number of aromatic nitrogens is 1. The zero-order chi connectivity index (χ0) is 9.97. The first-order valence-corrected chi connectivity index (χ1v) is 5.45. The van der Waals surface area contributed by atoms with Crippen molar-refractivity contribution in [3.05, 3.63) is 29.3 Å². The van der Waals surface area contributed by atoms with Crippen molar-refractivity contribution in [3.8, 4) is 6.07 Å². The number of nitrogens with zero attached hydrogens (tertiary/aromatic N) is 2. The predicted octanol–water partition coefficient (Wildman–Crippen LogP) is -0.721. The fourth-order valence-corrected chi connectivity index (χ4v) is 2.69. The van der Waals surface area contributed by atoms with Crippen molar-refractivity contribution in [2.75, 3.05) is 0 Å². The van der Waals surface area contributed by atoms with E-state index < -0.39 is 0 Å². The van der Waals surface area contributed by atoms with Crippen LogP contribution in [0.4, 0.5) is 0 Å². The van der Waals surface area contributed by atoms with Crippen LogP contribution in [0.5, 0.6) is 0 Å². The van der Waals surface area contributed by atoms with Gasteiger partial charge in [0.05, 0.1) is 0 Å². The molecule has 0 amide bonds. The van der Waals surface area contributed by atoms with Gasteiger partial charge in [-0.3, -0.25) is 0 Å². The Bertz CT molecular complexity index is 499. The van der Waals surface area contributed by atoms with Crippen molar-refractivity contribution >= 4 is 21.6 Å². The lowest BCUT2D eigenvalue weighted by atomic mass is 10.3. The van der Waals surface area contributed by atoms with Gasteiger partial charge in [0.1, 0.15) is 10.8 Å². The molecule has 2 aromatic rings. The van der Waals surface area contributed by atoms with Gasteiger partial charge in [-0.05, 0) is 6.07 Å². The highest BCUT2D eigenvalue weighted by Crippen LogP contribution is 2.20. The van der Waals surface area contributed by atoms with E-state index in [1.807, 2.05) is 12.1 Å². The van der Waals surface area contributed by atoms with Crippen LogP contribution < -0.4 is 21.5 Å². The molecule has 0 aliphatic carbocycles. The summed E-state index contributed by atoms with van der Waals surface area (Å²) in [6.45, 7) is 2.58. The van der Waals surface area contributed by atoms with E-state index in [2.05, 4.69) is 29.7 Å². The number of rotatable bonds is 2. The van der Waals surface area contributed by atoms with Crippen molar-refractivity contribution in [1.82, 2.24) is 0 Å². The van der Waals surface area contributed by atoms with Gasteiger partial charge in [-0.1, -0.05) is 30.4 Å². The van der Waals surface area contributed by atoms with Crippen molar-refractivity contribution in [2.24, 2.45) is 0 Å². The molecule has 0 aliphatic rings. The summed E-state index contributed by atoms with van der Waals surface area (Å²) in [4.78, 5) is 0. The molecule has 0 unspecified atom stereocenters. The lowest BCUT2D eigenvalue weighted by molar-refractivity contribution is -0.661. The Kier molecular flexibility index (Phi) is 4.25. The number of halogens is 1. The van der Waals surface area contributed by atoms with Gasteiger partial charge in [0.25, 0.3) is 0 Å². The van der Waals surface area contributed by atoms with E-state index in [-0.39, 0.29) is 17.0 Å². The normalized spacial score (nSPS) is 9.60. The van der Waals surface area contributed by atoms with Gasteiger partial charge in [0.15, 0.2) is 0 Å². The molecule has 0 radical (unpaired) electrons. The van der Waals surface area contributed by atoms with E-state index in [4.69, 9.17) is 5.26 Å². The summed E-state index contributed by atoms with van der Waals surface area (Å²) in [6, 6.07) is 10.4. The number of nitriles is 1. The number of hydrogen-bond acceptors (Lipinski definition) is 2. The second-order valence-corrected chi connectivity index (χ2v) is 4.18. The molecule has 2 nitrogen and oxygen atoms in total. The van der Waals surface area contributed by atoms with Crippen LogP contribution in [0, 0.1) is 11.3 Å². The van der Waals surface area contributed by atoms with E-state index >= 15 is 0 Å². The fraction of sp³-hybridized carbons (Fsp3) is 0.273. The topological polar surface area (TPSA) is 27.7 Å². The van der Waals surface area contributed by atoms with E-state index in [0.717, 1.165) is 6.42 Å². The Morgan fingerprint density at radius 3 is 2.80 bits per heavy atom. The molecule has 0 fully saturated rings. The number of fused-ring (bicyclic) bond motifs is 1. The zero-order valence-electron chi connectivity index (χ0n) is 8.40. The van der Waals surface area contributed by atoms with Crippen LogP contribution in [0.15, 0.2) is 24.3 Å². The van der Waals surface area contributed by atoms with E-state index in [1.165, 1.54) is 15.2 Å². The minimum Gasteiger partial charge on any atom is -1.00 e. The first-order valence-electron chi connectivity index (χ1n) is 4.64. The molecule has 4 heteroatoms. The highest BCUT2D eigenvalue weighted by Gasteiger charge is 2.17. The van der Waals surface area contributed by atoms with Crippen LogP contribution in [0.1, 0.15) is 11.9 Å². The molecule has 0 saturated heterocycles. The van der Waals surface area contributed by atoms with Crippen LogP contribution in [0.3, 0.4) is 0 Å². The van der Waals surface area contributed by atoms with Crippen molar-refractivity contribution in [1.29, 1.82) is 5.26 Å². The van der Waals surface area contributed by atoms with Crippen LogP contribution in [0.25, 0.3) is 10.2 Å². The maximum Gasteiger partial charge on any atom is 0.238 e. The molecule has 2 rings (SSSR count). The fourth-order valence-electron chi connectivity index (χ4n) is 1.59. The third-order valence-corrected chi connectivity index (χ3v) is 3.53. The second kappa shape index (κ2) is 5.24. The molecular formula is C11H11BrN2S. The number of para-hydroxylation sites is 1. The smallest absolute Gasteiger partial charge is 0.238 e. The lowest BCUT2D eigenvalue weighted by Crippen LogP contribution is -3.00. The molecule has 0 aliphatic heterocycles. The molecule has 1 aromatic carbocycles. The number of benzene rings is 1. The average molecular weight is 283 g/mol. The summed E-state index contributed by atoms with van der Waals surface area (Å²) in [5.41, 5.74) is 1.18. The second-order valence-electron chi connectivity index (χ2n) is 3.06. The quantitative estimate of drug-likeness (QED) is 0.668. The summed E-state index contributed by atoms with van der Waals surface area (Å²) in [5, 5.41) is 10.0. The molecule has 0 atom stereocenters. The van der Waals surface area contributed by atoms with Gasteiger partial charge in [-0.25, -0.2) is 0 Å². The molecular weight excluding hydrogens is 272 g/mol. The largest absolute Gasteiger partial charge is 1.00 e. The summed E-state index contributed by atoms with van der Waals surface area (Å²) >= 11 is 1.78. The molecule has 0 spiro atoms. The monoisotopic (exact) mass is 282 g/mol. The highest BCUT2D eigenvalue weighted by atomic mass is 79.9. The van der Waals surface area contributed by atoms with Crippen molar-refractivity contribution in [3.63, 3.8) is 0 Å². The molecule has 1 heterocycles. The van der Waals surface area contributed by atoms with Gasteiger partial charge in [0.2, 0.25) is 17.1 Å². The standard InChI is InChI=1S/C11H11N2S.BrH/c1-2-11-13(8-7-12)9-5-3-4-6-10(9)14-11;/h3-6H,2,8H2,1H3;1H/q+1;/p-1. The summed E-state index contributed by atoms with van der Waals surface area (Å²) in [5.74, 6) is 0. The molecule has 15 heavy (non-hydrogen) atoms. The first-order chi connectivity index (χ1) is 6.86. The summed E-state index contributed by atoms with van der Waals surface area (Å²) in [6.07, 6.45) is 0.987. The van der Waals surface area contributed by atoms with Gasteiger partial charge in [-0.15, -0.1) is 0 Å². The van der Waals surface area contributed by atoms with E-state index in [0.29, 0.717) is 6.54 Å².